The van der Waals surface area contributed by atoms with Gasteiger partial charge in [-0.25, -0.2) is 9.97 Å². The van der Waals surface area contributed by atoms with Crippen molar-refractivity contribution in [3.05, 3.63) is 194 Å². The first-order valence-corrected chi connectivity index (χ1v) is 16.7. The summed E-state index contributed by atoms with van der Waals surface area (Å²) in [6, 6.07) is 59.3. The predicted molar refractivity (Wildman–Crippen MR) is 210 cm³/mol. The van der Waals surface area contributed by atoms with Gasteiger partial charge in [-0.15, -0.1) is 5.10 Å². The predicted octanol–water partition coefficient (Wildman–Crippen LogP) is 10.9. The van der Waals surface area contributed by atoms with Crippen LogP contribution in [-0.4, -0.2) is 15.9 Å². The molecule has 6 nitrogen and oxygen atoms in total. The monoisotopic (exact) mass is 659 g/mol. The average molecular weight is 660 g/mol. The molecule has 0 spiro atoms. The van der Waals surface area contributed by atoms with E-state index < -0.39 is 0 Å². The maximum absolute atomic E-state index is 5.99. The zero-order valence-corrected chi connectivity index (χ0v) is 27.7. The van der Waals surface area contributed by atoms with E-state index in [-0.39, 0.29) is 0 Å². The fraction of sp³-hybridized carbons (Fsp3) is 0. The molecular weight excluding hydrogens is 627 g/mol. The van der Waals surface area contributed by atoms with E-state index in [1.54, 1.807) is 0 Å². The first kappa shape index (κ1) is 31.2. The third-order valence-corrected chi connectivity index (χ3v) is 8.81. The smallest absolute Gasteiger partial charge is 0.243 e. The first-order valence-electron chi connectivity index (χ1n) is 16.7. The summed E-state index contributed by atoms with van der Waals surface area (Å²) < 4.78 is 5.99. The molecule has 0 bridgehead atoms. The minimum atomic E-state index is 0.301. The molecule has 8 aromatic rings. The summed E-state index contributed by atoms with van der Waals surface area (Å²) in [7, 11) is 0. The van der Waals surface area contributed by atoms with Gasteiger partial charge in [-0.1, -0.05) is 104 Å². The van der Waals surface area contributed by atoms with Crippen LogP contribution in [0, 0.1) is 0 Å². The summed E-state index contributed by atoms with van der Waals surface area (Å²) in [5, 5.41) is 6.19. The standard InChI is InChI=1S/C45H33N5O/c1-31(51-45(49-46)35-13-4-2-5-14-35)32-22-26-39(27-23-32)50(38-16-6-3-7-17-38)40-28-24-34(25-29-40)43-44(48-42-19-11-10-18-41(42)47-43)37-21-20-33-12-8-9-15-36(33)30-37/h2-30H,1,46H2/b49-45-. The van der Waals surface area contributed by atoms with Gasteiger partial charge in [0.15, 0.2) is 0 Å². The van der Waals surface area contributed by atoms with Gasteiger partial charge in [0.05, 0.1) is 22.4 Å². The zero-order valence-electron chi connectivity index (χ0n) is 27.7. The Hall–Kier alpha value is -7.05. The quantitative estimate of drug-likeness (QED) is 0.0577. The average Bonchev–Trinajstić information content (AvgIpc) is 3.20. The SMILES string of the molecule is C=C(O/C(=N\N)c1ccccc1)c1ccc(N(c2ccccc2)c2ccc(-c3nc4ccccc4nc3-c3ccc4ccccc4c3)cc2)cc1. The summed E-state index contributed by atoms with van der Waals surface area (Å²) in [4.78, 5) is 12.5. The molecule has 0 saturated carbocycles. The number of ether oxygens (including phenoxy) is 1. The van der Waals surface area contributed by atoms with E-state index in [9.17, 15) is 0 Å². The molecule has 244 valence electrons. The summed E-state index contributed by atoms with van der Waals surface area (Å²) in [6.07, 6.45) is 0. The number of hydrazone groups is 1. The lowest BCUT2D eigenvalue weighted by Gasteiger charge is -2.26. The van der Waals surface area contributed by atoms with Crippen molar-refractivity contribution in [1.29, 1.82) is 0 Å². The Labute approximate surface area is 296 Å². The molecule has 0 unspecified atom stereocenters. The van der Waals surface area contributed by atoms with Crippen LogP contribution in [0.5, 0.6) is 0 Å². The third kappa shape index (κ3) is 6.42. The molecule has 0 radical (unpaired) electrons. The third-order valence-electron chi connectivity index (χ3n) is 8.81. The lowest BCUT2D eigenvalue weighted by Crippen LogP contribution is -2.10. The summed E-state index contributed by atoms with van der Waals surface area (Å²) >= 11 is 0. The topological polar surface area (TPSA) is 76.6 Å². The molecule has 1 aromatic heterocycles. The number of hydrogen-bond acceptors (Lipinski definition) is 6. The number of aromatic nitrogens is 2. The van der Waals surface area contributed by atoms with Gasteiger partial charge in [0.2, 0.25) is 5.90 Å². The van der Waals surface area contributed by atoms with Gasteiger partial charge >= 0.3 is 0 Å². The van der Waals surface area contributed by atoms with Crippen LogP contribution >= 0.6 is 0 Å². The fourth-order valence-electron chi connectivity index (χ4n) is 6.24. The van der Waals surface area contributed by atoms with Crippen molar-refractivity contribution < 1.29 is 4.74 Å². The molecule has 1 heterocycles. The van der Waals surface area contributed by atoms with Crippen molar-refractivity contribution in [3.63, 3.8) is 0 Å². The molecule has 0 aliphatic carbocycles. The van der Waals surface area contributed by atoms with Gasteiger partial charge in [0, 0.05) is 39.3 Å². The summed E-state index contributed by atoms with van der Waals surface area (Å²) in [5.41, 5.74) is 9.98. The molecule has 51 heavy (non-hydrogen) atoms. The molecule has 2 N–H and O–H groups in total. The molecule has 0 atom stereocenters. The largest absolute Gasteiger partial charge is 0.437 e. The van der Waals surface area contributed by atoms with Crippen LogP contribution in [0.3, 0.4) is 0 Å². The number of hydrogen-bond donors (Lipinski definition) is 1. The number of rotatable bonds is 8. The van der Waals surface area contributed by atoms with E-state index in [0.29, 0.717) is 11.7 Å². The number of fused-ring (bicyclic) bond motifs is 2. The maximum Gasteiger partial charge on any atom is 0.243 e. The number of nitrogens with two attached hydrogens (primary N) is 1. The van der Waals surface area contributed by atoms with Gasteiger partial charge in [0.25, 0.3) is 0 Å². The van der Waals surface area contributed by atoms with Crippen molar-refractivity contribution >= 4 is 50.5 Å². The van der Waals surface area contributed by atoms with Crippen molar-refractivity contribution in [3.8, 4) is 22.5 Å². The van der Waals surface area contributed by atoms with Gasteiger partial charge < -0.3 is 15.5 Å². The molecule has 0 aliphatic heterocycles. The van der Waals surface area contributed by atoms with Crippen LogP contribution < -0.4 is 10.7 Å². The van der Waals surface area contributed by atoms with Gasteiger partial charge in [-0.05, 0) is 89.6 Å². The van der Waals surface area contributed by atoms with E-state index in [1.807, 2.05) is 84.9 Å². The summed E-state index contributed by atoms with van der Waals surface area (Å²) in [6.45, 7) is 4.15. The highest BCUT2D eigenvalue weighted by Gasteiger charge is 2.17. The van der Waals surface area contributed by atoms with Crippen LogP contribution in [0.15, 0.2) is 188 Å². The highest BCUT2D eigenvalue weighted by molar-refractivity contribution is 5.97. The number of anilines is 3. The van der Waals surface area contributed by atoms with Crippen molar-refractivity contribution in [2.45, 2.75) is 0 Å². The minimum absolute atomic E-state index is 0.301. The lowest BCUT2D eigenvalue weighted by atomic mass is 10.00. The molecule has 7 aromatic carbocycles. The minimum Gasteiger partial charge on any atom is -0.437 e. The van der Waals surface area contributed by atoms with Gasteiger partial charge in [-0.2, -0.15) is 0 Å². The fourth-order valence-corrected chi connectivity index (χ4v) is 6.24. The van der Waals surface area contributed by atoms with Crippen molar-refractivity contribution in [1.82, 2.24) is 9.97 Å². The van der Waals surface area contributed by atoms with Crippen LogP contribution in [0.1, 0.15) is 11.1 Å². The molecule has 0 saturated heterocycles. The number of benzene rings is 7. The second kappa shape index (κ2) is 13.8. The highest BCUT2D eigenvalue weighted by atomic mass is 16.5. The summed E-state index contributed by atoms with van der Waals surface area (Å²) in [5.74, 6) is 6.41. The first-order chi connectivity index (χ1) is 25.1. The molecule has 0 fully saturated rings. The Kier molecular flexibility index (Phi) is 8.46. The molecule has 8 rings (SSSR count). The van der Waals surface area contributed by atoms with Crippen LogP contribution in [0.2, 0.25) is 0 Å². The van der Waals surface area contributed by atoms with Crippen molar-refractivity contribution in [2.75, 3.05) is 4.90 Å². The Morgan fingerprint density at radius 2 is 1.02 bits per heavy atom. The Bertz CT molecular complexity index is 2510. The second-order valence-electron chi connectivity index (χ2n) is 12.1. The number of para-hydroxylation sites is 3. The highest BCUT2D eigenvalue weighted by Crippen LogP contribution is 2.38. The normalized spacial score (nSPS) is 11.4. The number of nitrogens with zero attached hydrogens (tertiary/aromatic N) is 4. The maximum atomic E-state index is 5.99. The van der Waals surface area contributed by atoms with Gasteiger partial charge in [-0.3, -0.25) is 0 Å². The van der Waals surface area contributed by atoms with Crippen molar-refractivity contribution in [2.24, 2.45) is 10.9 Å². The van der Waals surface area contributed by atoms with Crippen LogP contribution in [0.4, 0.5) is 17.1 Å². The zero-order chi connectivity index (χ0) is 34.6. The van der Waals surface area contributed by atoms with E-state index in [0.717, 1.165) is 67.1 Å². The molecule has 0 aliphatic rings. The van der Waals surface area contributed by atoms with Gasteiger partial charge in [0.1, 0.15) is 5.76 Å². The Morgan fingerprint density at radius 3 is 1.67 bits per heavy atom. The van der Waals surface area contributed by atoms with E-state index in [2.05, 4.69) is 108 Å². The molecule has 0 amide bonds. The lowest BCUT2D eigenvalue weighted by molar-refractivity contribution is 0.508. The molecule has 6 heteroatoms. The van der Waals surface area contributed by atoms with E-state index in [4.69, 9.17) is 20.5 Å². The van der Waals surface area contributed by atoms with Crippen LogP contribution in [0.25, 0.3) is 50.1 Å². The molecular formula is C45H33N5O. The Balaban J connectivity index is 1.14. The second-order valence-corrected chi connectivity index (χ2v) is 12.1. The van der Waals surface area contributed by atoms with Crippen LogP contribution in [-0.2, 0) is 4.74 Å². The van der Waals surface area contributed by atoms with E-state index >= 15 is 0 Å². The Morgan fingerprint density at radius 1 is 0.510 bits per heavy atom. The van der Waals surface area contributed by atoms with E-state index in [1.165, 1.54) is 5.39 Å².